The van der Waals surface area contributed by atoms with Gasteiger partial charge in [-0.15, -0.1) is 0 Å². The van der Waals surface area contributed by atoms with Gasteiger partial charge in [0.2, 0.25) is 0 Å². The van der Waals surface area contributed by atoms with Gasteiger partial charge in [0, 0.05) is 25.9 Å². The third-order valence-corrected chi connectivity index (χ3v) is 8.90. The monoisotopic (exact) mass is 653 g/mol. The maximum Gasteiger partial charge on any atom is 0.329 e. The number of hydrogen-bond donors (Lipinski definition) is 1. The third-order valence-electron chi connectivity index (χ3n) is 8.90. The number of ether oxygens (including phenoxy) is 3. The lowest BCUT2D eigenvalue weighted by Gasteiger charge is -2.37. The highest BCUT2D eigenvalue weighted by Crippen LogP contribution is 2.25. The first kappa shape index (κ1) is 40.8. The Morgan fingerprint density at radius 3 is 1.28 bits per heavy atom. The molecule has 1 aliphatic heterocycles. The Bertz CT molecular complexity index is 1090. The van der Waals surface area contributed by atoms with E-state index in [1.54, 1.807) is 69.2 Å². The first-order valence-corrected chi connectivity index (χ1v) is 16.7. The van der Waals surface area contributed by atoms with Crippen LogP contribution in [-0.4, -0.2) is 96.0 Å². The molecule has 1 fully saturated rings. The van der Waals surface area contributed by atoms with E-state index in [9.17, 15) is 28.8 Å². The average Bonchev–Trinajstić information content (AvgIpc) is 2.97. The number of nitrogens with one attached hydrogen (secondary N) is 1. The van der Waals surface area contributed by atoms with Gasteiger partial charge in [0.15, 0.2) is 18.3 Å². The molecule has 12 nitrogen and oxygen atoms in total. The van der Waals surface area contributed by atoms with Crippen molar-refractivity contribution in [3.8, 4) is 0 Å². The van der Waals surface area contributed by atoms with Crippen LogP contribution in [0.5, 0.6) is 0 Å². The number of amides is 3. The van der Waals surface area contributed by atoms with Gasteiger partial charge in [0.1, 0.15) is 18.1 Å². The van der Waals surface area contributed by atoms with E-state index < -0.39 is 108 Å². The fraction of sp³-hybridized carbons (Fsp3) is 0.824. The minimum atomic E-state index is -1.28. The van der Waals surface area contributed by atoms with Crippen LogP contribution >= 0.6 is 0 Å². The lowest BCUT2D eigenvalue weighted by molar-refractivity contribution is -0.179. The van der Waals surface area contributed by atoms with Crippen molar-refractivity contribution in [1.82, 2.24) is 15.1 Å². The standard InChI is InChI=1S/C34H59N3O9/c1-15-21(11)27-29(38)35-23(17(3)4)32(41)44-26(20(9)10)30(39)36(13)25(19(7)8)34(43)46-28(22(12)16-2)31(40)37(14)24(18(5)6)33(42)45-27/h17-28H,15-16H2,1-14H3,(H,35,38)/t21-,22-,23-,24-,25-,26+,27+,28+/m0/s1. The van der Waals surface area contributed by atoms with E-state index in [0.717, 1.165) is 0 Å². The summed E-state index contributed by atoms with van der Waals surface area (Å²) in [5.74, 6) is -6.99. The van der Waals surface area contributed by atoms with Crippen molar-refractivity contribution >= 4 is 35.6 Å². The summed E-state index contributed by atoms with van der Waals surface area (Å²) in [5, 5.41) is 2.70. The Morgan fingerprint density at radius 1 is 0.543 bits per heavy atom. The topological polar surface area (TPSA) is 149 Å². The zero-order valence-corrected chi connectivity index (χ0v) is 30.4. The molecular formula is C34H59N3O9. The second kappa shape index (κ2) is 17.7. The largest absolute Gasteiger partial charge is 0.450 e. The molecule has 0 saturated carbocycles. The molecule has 0 aromatic heterocycles. The number of carbonyl (C=O) groups excluding carboxylic acids is 6. The Hall–Kier alpha value is -3.18. The summed E-state index contributed by atoms with van der Waals surface area (Å²) in [4.78, 5) is 85.1. The molecule has 46 heavy (non-hydrogen) atoms. The molecular weight excluding hydrogens is 594 g/mol. The summed E-state index contributed by atoms with van der Waals surface area (Å²) in [6, 6.07) is -3.39. The minimum Gasteiger partial charge on any atom is -0.450 e. The molecule has 1 rings (SSSR count). The molecule has 1 aliphatic rings. The zero-order valence-electron chi connectivity index (χ0n) is 30.4. The number of esters is 3. The number of rotatable bonds is 8. The molecule has 1 N–H and O–H groups in total. The van der Waals surface area contributed by atoms with E-state index in [4.69, 9.17) is 14.2 Å². The van der Waals surface area contributed by atoms with Crippen molar-refractivity contribution in [1.29, 1.82) is 0 Å². The molecule has 0 aliphatic carbocycles. The van der Waals surface area contributed by atoms with Crippen molar-refractivity contribution < 1.29 is 43.0 Å². The van der Waals surface area contributed by atoms with Gasteiger partial charge in [-0.3, -0.25) is 14.4 Å². The fourth-order valence-electron chi connectivity index (χ4n) is 5.49. The molecule has 0 aromatic rings. The second-order valence-electron chi connectivity index (χ2n) is 14.1. The van der Waals surface area contributed by atoms with E-state index in [-0.39, 0.29) is 0 Å². The summed E-state index contributed by atoms with van der Waals surface area (Å²) < 4.78 is 17.5. The SMILES string of the molecule is CC[C@H](C)[C@H]1OC(=O)[C@H](C(C)C)N(C)C(=O)[C@@H]([C@@H](C)CC)OC(=O)[C@H](C(C)C)N(C)C(=O)[C@@H](C(C)C)OC(=O)[C@H](C(C)C)NC1=O. The highest BCUT2D eigenvalue weighted by Gasteiger charge is 2.44. The number of likely N-dealkylation sites (N-methyl/N-ethyl adjacent to an activating group) is 2. The molecule has 0 radical (unpaired) electrons. The zero-order chi connectivity index (χ0) is 35.8. The molecule has 0 aromatic carbocycles. The second-order valence-corrected chi connectivity index (χ2v) is 14.1. The van der Waals surface area contributed by atoms with Gasteiger partial charge in [-0.2, -0.15) is 0 Å². The van der Waals surface area contributed by atoms with Gasteiger partial charge in [-0.05, 0) is 36.5 Å². The first-order chi connectivity index (χ1) is 21.2. The highest BCUT2D eigenvalue weighted by molar-refractivity contribution is 5.94. The van der Waals surface area contributed by atoms with Gasteiger partial charge in [0.25, 0.3) is 17.7 Å². The number of hydrogen-bond acceptors (Lipinski definition) is 9. The first-order valence-electron chi connectivity index (χ1n) is 16.7. The van der Waals surface area contributed by atoms with Crippen molar-refractivity contribution in [2.24, 2.45) is 35.5 Å². The molecule has 0 spiro atoms. The maximum atomic E-state index is 14.0. The lowest BCUT2D eigenvalue weighted by atomic mass is 9.96. The molecule has 1 saturated heterocycles. The minimum absolute atomic E-state index is 0.431. The number of carbonyl (C=O) groups is 6. The van der Waals surface area contributed by atoms with Gasteiger partial charge in [0.05, 0.1) is 0 Å². The lowest BCUT2D eigenvalue weighted by Crippen LogP contribution is -2.57. The maximum absolute atomic E-state index is 14.0. The smallest absolute Gasteiger partial charge is 0.329 e. The Balaban J connectivity index is 3.92. The Labute approximate surface area is 275 Å². The van der Waals surface area contributed by atoms with E-state index in [1.165, 1.54) is 23.9 Å². The fourth-order valence-corrected chi connectivity index (χ4v) is 5.49. The van der Waals surface area contributed by atoms with Crippen molar-refractivity contribution in [3.05, 3.63) is 0 Å². The van der Waals surface area contributed by atoms with Crippen LogP contribution in [0, 0.1) is 35.5 Å². The highest BCUT2D eigenvalue weighted by atomic mass is 16.6. The van der Waals surface area contributed by atoms with E-state index >= 15 is 0 Å². The summed E-state index contributed by atoms with van der Waals surface area (Å²) in [6.45, 7) is 21.0. The summed E-state index contributed by atoms with van der Waals surface area (Å²) in [5.41, 5.74) is 0. The summed E-state index contributed by atoms with van der Waals surface area (Å²) in [7, 11) is 2.88. The predicted octanol–water partition coefficient (Wildman–Crippen LogP) is 3.59. The van der Waals surface area contributed by atoms with Gasteiger partial charge >= 0.3 is 17.9 Å². The molecule has 3 amide bonds. The van der Waals surface area contributed by atoms with Crippen LogP contribution in [0.15, 0.2) is 0 Å². The molecule has 1 heterocycles. The van der Waals surface area contributed by atoms with Gasteiger partial charge in [-0.1, -0.05) is 83.1 Å². The van der Waals surface area contributed by atoms with Crippen LogP contribution in [0.3, 0.4) is 0 Å². The van der Waals surface area contributed by atoms with Crippen molar-refractivity contribution in [3.63, 3.8) is 0 Å². The molecule has 264 valence electrons. The Kier molecular flexibility index (Phi) is 15.7. The predicted molar refractivity (Wildman–Crippen MR) is 173 cm³/mol. The summed E-state index contributed by atoms with van der Waals surface area (Å²) in [6.07, 6.45) is -2.87. The van der Waals surface area contributed by atoms with Crippen molar-refractivity contribution in [2.75, 3.05) is 14.1 Å². The normalized spacial score (nSPS) is 28.1. The van der Waals surface area contributed by atoms with Gasteiger partial charge < -0.3 is 29.3 Å². The molecule has 8 atom stereocenters. The Morgan fingerprint density at radius 2 is 0.913 bits per heavy atom. The van der Waals surface area contributed by atoms with Gasteiger partial charge in [-0.25, -0.2) is 14.4 Å². The van der Waals surface area contributed by atoms with Crippen molar-refractivity contribution in [2.45, 2.75) is 132 Å². The van der Waals surface area contributed by atoms with Crippen LogP contribution in [0.4, 0.5) is 0 Å². The molecule has 12 heteroatoms. The molecule has 0 unspecified atom stereocenters. The van der Waals surface area contributed by atoms with E-state index in [2.05, 4.69) is 5.32 Å². The molecule has 0 bridgehead atoms. The van der Waals surface area contributed by atoms with Crippen LogP contribution in [0.2, 0.25) is 0 Å². The van der Waals surface area contributed by atoms with E-state index in [1.807, 2.05) is 13.8 Å². The van der Waals surface area contributed by atoms with Crippen LogP contribution in [0.1, 0.15) is 95.9 Å². The average molecular weight is 654 g/mol. The van der Waals surface area contributed by atoms with E-state index in [0.29, 0.717) is 12.8 Å². The third kappa shape index (κ3) is 9.91. The van der Waals surface area contributed by atoms with Crippen LogP contribution in [0.25, 0.3) is 0 Å². The summed E-state index contributed by atoms with van der Waals surface area (Å²) >= 11 is 0. The van der Waals surface area contributed by atoms with Crippen LogP contribution in [-0.2, 0) is 43.0 Å². The van der Waals surface area contributed by atoms with Crippen LogP contribution < -0.4 is 5.32 Å². The number of cyclic esters (lactones) is 3. The number of nitrogens with zero attached hydrogens (tertiary/aromatic N) is 2. The quantitative estimate of drug-likeness (QED) is 0.306.